The quantitative estimate of drug-likeness (QED) is 0.363. The molecule has 0 spiro atoms. The molecule has 4 rings (SSSR count). The van der Waals surface area contributed by atoms with Crippen LogP contribution in [0.3, 0.4) is 0 Å². The van der Waals surface area contributed by atoms with Crippen molar-refractivity contribution in [2.24, 2.45) is 11.8 Å². The first-order chi connectivity index (χ1) is 16.4. The molecule has 34 heavy (non-hydrogen) atoms. The minimum absolute atomic E-state index is 0.227. The number of carboxylic acid groups (broad SMARTS) is 1. The topological polar surface area (TPSA) is 64.4 Å². The highest BCUT2D eigenvalue weighted by atomic mass is 32.2. The largest absolute Gasteiger partial charge is 0.480 e. The van der Waals surface area contributed by atoms with Crippen molar-refractivity contribution in [2.75, 3.05) is 19.5 Å². The summed E-state index contributed by atoms with van der Waals surface area (Å²) in [5, 5.41) is 14.9. The number of hydrogen-bond donors (Lipinski definition) is 1. The number of carbonyl (C=O) groups is 1. The summed E-state index contributed by atoms with van der Waals surface area (Å²) >= 11 is 1.65. The van der Waals surface area contributed by atoms with Crippen LogP contribution in [0.2, 0.25) is 0 Å². The first kappa shape index (κ1) is 24.5. The zero-order valence-electron chi connectivity index (χ0n) is 19.7. The fraction of sp³-hybridized carbons (Fsp3) is 0.407. The van der Waals surface area contributed by atoms with Gasteiger partial charge in [-0.1, -0.05) is 36.4 Å². The van der Waals surface area contributed by atoms with Crippen LogP contribution >= 0.6 is 11.8 Å². The zero-order chi connectivity index (χ0) is 24.1. The number of thioether (sulfide) groups is 1. The zero-order valence-corrected chi connectivity index (χ0v) is 20.5. The lowest BCUT2D eigenvalue weighted by Gasteiger charge is -2.28. The van der Waals surface area contributed by atoms with E-state index in [1.165, 1.54) is 0 Å². The summed E-state index contributed by atoms with van der Waals surface area (Å²) < 4.78 is 21.8. The number of nitrogens with zero attached hydrogens (tertiary/aromatic N) is 2. The second-order valence-corrected chi connectivity index (χ2v) is 9.89. The Morgan fingerprint density at radius 2 is 1.82 bits per heavy atom. The molecule has 7 heteroatoms. The van der Waals surface area contributed by atoms with Crippen molar-refractivity contribution in [3.8, 4) is 22.4 Å². The molecule has 180 valence electrons. The molecule has 1 aliphatic carbocycles. The Labute approximate surface area is 204 Å². The van der Waals surface area contributed by atoms with E-state index in [9.17, 15) is 9.18 Å². The third-order valence-corrected chi connectivity index (χ3v) is 7.26. The van der Waals surface area contributed by atoms with Gasteiger partial charge in [0.25, 0.3) is 0 Å². The van der Waals surface area contributed by atoms with Crippen molar-refractivity contribution in [3.63, 3.8) is 0 Å². The molecule has 1 aliphatic rings. The molecule has 0 bridgehead atoms. The van der Waals surface area contributed by atoms with E-state index in [2.05, 4.69) is 23.1 Å². The van der Waals surface area contributed by atoms with Gasteiger partial charge in [-0.25, -0.2) is 9.18 Å². The Morgan fingerprint density at radius 3 is 2.47 bits per heavy atom. The Kier molecular flexibility index (Phi) is 8.06. The van der Waals surface area contributed by atoms with Crippen LogP contribution < -0.4 is 0 Å². The molecular weight excluding hydrogens is 451 g/mol. The van der Waals surface area contributed by atoms with Crippen molar-refractivity contribution >= 4 is 17.7 Å². The summed E-state index contributed by atoms with van der Waals surface area (Å²) in [4.78, 5) is 10.7. The average Bonchev–Trinajstić information content (AvgIpc) is 3.18. The van der Waals surface area contributed by atoms with Crippen molar-refractivity contribution in [1.82, 2.24) is 9.78 Å². The minimum atomic E-state index is -0.921. The van der Waals surface area contributed by atoms with Crippen molar-refractivity contribution in [1.29, 1.82) is 0 Å². The van der Waals surface area contributed by atoms with Gasteiger partial charge in [0.05, 0.1) is 6.61 Å². The number of aliphatic carboxylic acids is 1. The lowest BCUT2D eigenvalue weighted by Crippen LogP contribution is -2.23. The van der Waals surface area contributed by atoms with Gasteiger partial charge in [0.2, 0.25) is 0 Å². The summed E-state index contributed by atoms with van der Waals surface area (Å²) in [6.45, 7) is 3.01. The van der Waals surface area contributed by atoms with E-state index in [-0.39, 0.29) is 12.4 Å². The molecule has 1 heterocycles. The Bertz CT molecular complexity index is 1100. The lowest BCUT2D eigenvalue weighted by molar-refractivity contribution is -0.142. The summed E-state index contributed by atoms with van der Waals surface area (Å²) in [6, 6.07) is 15.3. The van der Waals surface area contributed by atoms with Crippen LogP contribution in [0.4, 0.5) is 4.39 Å². The molecule has 0 aliphatic heterocycles. The summed E-state index contributed by atoms with van der Waals surface area (Å²) in [5.41, 5.74) is 4.62. The van der Waals surface area contributed by atoms with Gasteiger partial charge in [0.15, 0.2) is 0 Å². The maximum Gasteiger partial charge on any atom is 0.329 e. The van der Waals surface area contributed by atoms with Crippen molar-refractivity contribution in [2.45, 2.75) is 44.2 Å². The lowest BCUT2D eigenvalue weighted by atomic mass is 9.82. The van der Waals surface area contributed by atoms with Crippen molar-refractivity contribution in [3.05, 3.63) is 59.9 Å². The molecule has 0 unspecified atom stereocenters. The van der Waals surface area contributed by atoms with Crippen LogP contribution in [-0.4, -0.2) is 40.3 Å². The number of carboxylic acids is 1. The maximum absolute atomic E-state index is 14.4. The van der Waals surface area contributed by atoms with Crippen LogP contribution in [0.5, 0.6) is 0 Å². The predicted octanol–water partition coefficient (Wildman–Crippen LogP) is 6.29. The standard InChI is InChI=1S/C27H31FN2O3S/c1-18-12-22(14-23(28)13-18)25-26(21-6-4-3-5-7-21)29-30(27(25)34-2)15-19-8-10-20(11-9-19)16-33-17-24(31)32/h3-7,12-14,19-20H,8-11,15-17H2,1-2H3,(H,31,32). The summed E-state index contributed by atoms with van der Waals surface area (Å²) in [6.07, 6.45) is 6.23. The second kappa shape index (κ2) is 11.2. The number of rotatable bonds is 9. The number of hydrogen-bond acceptors (Lipinski definition) is 4. The van der Waals surface area contributed by atoms with Gasteiger partial charge in [0, 0.05) is 17.7 Å². The molecule has 0 radical (unpaired) electrons. The van der Waals surface area contributed by atoms with Gasteiger partial charge >= 0.3 is 5.97 Å². The molecule has 5 nitrogen and oxygen atoms in total. The second-order valence-electron chi connectivity index (χ2n) is 9.09. The molecule has 0 saturated heterocycles. The van der Waals surface area contributed by atoms with Crippen LogP contribution in [-0.2, 0) is 16.1 Å². The highest BCUT2D eigenvalue weighted by molar-refractivity contribution is 7.98. The Hall–Kier alpha value is -2.64. The van der Waals surface area contributed by atoms with E-state index in [0.717, 1.165) is 65.2 Å². The van der Waals surface area contributed by atoms with E-state index >= 15 is 0 Å². The molecule has 0 amide bonds. The van der Waals surface area contributed by atoms with E-state index in [1.807, 2.05) is 31.2 Å². The summed E-state index contributed by atoms with van der Waals surface area (Å²) in [7, 11) is 0. The smallest absolute Gasteiger partial charge is 0.329 e. The van der Waals surface area contributed by atoms with Crippen LogP contribution in [0.25, 0.3) is 22.4 Å². The maximum atomic E-state index is 14.4. The first-order valence-electron chi connectivity index (χ1n) is 11.7. The van der Waals surface area contributed by atoms with Crippen LogP contribution in [0.1, 0.15) is 31.2 Å². The number of benzene rings is 2. The average molecular weight is 483 g/mol. The van der Waals surface area contributed by atoms with Crippen molar-refractivity contribution < 1.29 is 19.0 Å². The van der Waals surface area contributed by atoms with Gasteiger partial charge in [-0.2, -0.15) is 5.10 Å². The fourth-order valence-electron chi connectivity index (χ4n) is 4.85. The number of aromatic nitrogens is 2. The molecule has 1 N–H and O–H groups in total. The molecule has 3 aromatic rings. The third-order valence-electron chi connectivity index (χ3n) is 6.45. The molecule has 1 saturated carbocycles. The van der Waals surface area contributed by atoms with Gasteiger partial charge in [-0.15, -0.1) is 11.8 Å². The van der Waals surface area contributed by atoms with E-state index < -0.39 is 5.97 Å². The van der Waals surface area contributed by atoms with Crippen LogP contribution in [0.15, 0.2) is 53.6 Å². The minimum Gasteiger partial charge on any atom is -0.480 e. The number of halogens is 1. The highest BCUT2D eigenvalue weighted by Crippen LogP contribution is 2.40. The molecule has 1 aromatic heterocycles. The van der Waals surface area contributed by atoms with E-state index in [0.29, 0.717) is 18.4 Å². The highest BCUT2D eigenvalue weighted by Gasteiger charge is 2.26. The molecule has 0 atom stereocenters. The monoisotopic (exact) mass is 482 g/mol. The SMILES string of the molecule is CSc1c(-c2cc(C)cc(F)c2)c(-c2ccccc2)nn1CC1CCC(COCC(=O)O)CC1. The van der Waals surface area contributed by atoms with E-state index in [4.69, 9.17) is 14.9 Å². The Balaban J connectivity index is 1.59. The summed E-state index contributed by atoms with van der Waals surface area (Å²) in [5.74, 6) is -0.251. The third kappa shape index (κ3) is 5.88. The van der Waals surface area contributed by atoms with Gasteiger partial charge in [0.1, 0.15) is 23.1 Å². The van der Waals surface area contributed by atoms with E-state index in [1.54, 1.807) is 23.9 Å². The number of aryl methyl sites for hydroxylation is 1. The van der Waals surface area contributed by atoms with Gasteiger partial charge in [-0.05, 0) is 74.0 Å². The van der Waals surface area contributed by atoms with Crippen LogP contribution in [0, 0.1) is 24.6 Å². The first-order valence-corrected chi connectivity index (χ1v) is 12.9. The molecule has 1 fully saturated rings. The fourth-order valence-corrected chi connectivity index (χ4v) is 5.60. The number of ether oxygens (including phenoxy) is 1. The Morgan fingerprint density at radius 1 is 1.12 bits per heavy atom. The van der Waals surface area contributed by atoms with Gasteiger partial charge < -0.3 is 9.84 Å². The van der Waals surface area contributed by atoms with Gasteiger partial charge in [-0.3, -0.25) is 4.68 Å². The molecular formula is C27H31FN2O3S. The predicted molar refractivity (Wildman–Crippen MR) is 133 cm³/mol. The normalized spacial score (nSPS) is 18.2. The molecule has 2 aromatic carbocycles.